The molecule has 0 aromatic carbocycles. The number of nitrogens with zero attached hydrogens (tertiary/aromatic N) is 2. The van der Waals surface area contributed by atoms with E-state index in [2.05, 4.69) is 25.6 Å². The van der Waals surface area contributed by atoms with Crippen molar-refractivity contribution >= 4 is 22.8 Å². The highest BCUT2D eigenvalue weighted by atomic mass is 16.2. The van der Waals surface area contributed by atoms with Crippen molar-refractivity contribution in [3.05, 3.63) is 24.3 Å². The van der Waals surface area contributed by atoms with E-state index in [4.69, 9.17) is 0 Å². The minimum atomic E-state index is -0.118. The van der Waals surface area contributed by atoms with Gasteiger partial charge in [0.25, 0.3) is 5.91 Å². The topological polar surface area (TPSA) is 99.8 Å². The summed E-state index contributed by atoms with van der Waals surface area (Å²) in [7, 11) is 0. The van der Waals surface area contributed by atoms with Crippen LogP contribution in [0.1, 0.15) is 43.0 Å². The van der Waals surface area contributed by atoms with Gasteiger partial charge in [-0.15, -0.1) is 0 Å². The monoisotopic (exact) mass is 301 g/mol. The standard InChI is InChI=1S/C15H19N5O2/c1-9(21)19-10-2-4-11(5-3-10)20-15(22)12-6-17-13-7-16-8-18-14(12)13/h6-8,10-11,17H,2-5H2,1H3,(H,19,21)(H,20,22). The summed E-state index contributed by atoms with van der Waals surface area (Å²) >= 11 is 0. The van der Waals surface area contributed by atoms with Crippen LogP contribution in [-0.4, -0.2) is 38.8 Å². The first-order chi connectivity index (χ1) is 10.6. The first-order valence-electron chi connectivity index (χ1n) is 7.48. The molecule has 1 aliphatic carbocycles. The molecule has 2 amide bonds. The SMILES string of the molecule is CC(=O)NC1CCC(NC(=O)c2c[nH]c3cncnc23)CC1. The number of H-pyrrole nitrogens is 1. The van der Waals surface area contributed by atoms with Crippen molar-refractivity contribution in [2.45, 2.75) is 44.7 Å². The molecular weight excluding hydrogens is 282 g/mol. The molecule has 3 rings (SSSR count). The molecule has 7 heteroatoms. The average molecular weight is 301 g/mol. The Bertz CT molecular complexity index is 688. The van der Waals surface area contributed by atoms with Crippen LogP contribution in [0.4, 0.5) is 0 Å². The zero-order valence-electron chi connectivity index (χ0n) is 12.4. The molecule has 1 aliphatic rings. The summed E-state index contributed by atoms with van der Waals surface area (Å²) in [6.07, 6.45) is 8.27. The number of rotatable bonds is 3. The van der Waals surface area contributed by atoms with Gasteiger partial charge in [-0.1, -0.05) is 0 Å². The normalized spacial score (nSPS) is 21.5. The maximum Gasteiger partial charge on any atom is 0.255 e. The Hall–Kier alpha value is -2.44. The molecule has 0 aliphatic heterocycles. The number of carbonyl (C=O) groups is 2. The zero-order valence-corrected chi connectivity index (χ0v) is 12.4. The Morgan fingerprint density at radius 3 is 2.55 bits per heavy atom. The van der Waals surface area contributed by atoms with Crippen LogP contribution in [0.5, 0.6) is 0 Å². The lowest BCUT2D eigenvalue weighted by Crippen LogP contribution is -2.43. The summed E-state index contributed by atoms with van der Waals surface area (Å²) in [6.45, 7) is 1.53. The number of hydrogen-bond acceptors (Lipinski definition) is 4. The summed E-state index contributed by atoms with van der Waals surface area (Å²) < 4.78 is 0. The van der Waals surface area contributed by atoms with Gasteiger partial charge in [0.1, 0.15) is 11.8 Å². The summed E-state index contributed by atoms with van der Waals surface area (Å²) in [5.74, 6) is -0.112. The number of hydrogen-bond donors (Lipinski definition) is 3. The number of aromatic nitrogens is 3. The van der Waals surface area contributed by atoms with Gasteiger partial charge in [-0.25, -0.2) is 9.97 Å². The highest BCUT2D eigenvalue weighted by Gasteiger charge is 2.24. The third-order valence-corrected chi connectivity index (χ3v) is 4.05. The second kappa shape index (κ2) is 6.13. The Morgan fingerprint density at radius 1 is 1.18 bits per heavy atom. The fraction of sp³-hybridized carbons (Fsp3) is 0.467. The second-order valence-corrected chi connectivity index (χ2v) is 5.71. The Balaban J connectivity index is 1.60. The van der Waals surface area contributed by atoms with Gasteiger partial charge in [0.15, 0.2) is 0 Å². The molecule has 1 fully saturated rings. The van der Waals surface area contributed by atoms with Crippen LogP contribution in [0.2, 0.25) is 0 Å². The molecule has 22 heavy (non-hydrogen) atoms. The average Bonchev–Trinajstić information content (AvgIpc) is 2.93. The molecule has 0 radical (unpaired) electrons. The summed E-state index contributed by atoms with van der Waals surface area (Å²) in [4.78, 5) is 34.5. The third kappa shape index (κ3) is 3.08. The minimum Gasteiger partial charge on any atom is -0.358 e. The van der Waals surface area contributed by atoms with Crippen molar-refractivity contribution in [2.75, 3.05) is 0 Å². The second-order valence-electron chi connectivity index (χ2n) is 5.71. The number of aromatic amines is 1. The first-order valence-corrected chi connectivity index (χ1v) is 7.48. The molecule has 7 nitrogen and oxygen atoms in total. The molecule has 0 unspecified atom stereocenters. The Kier molecular flexibility index (Phi) is 4.04. The van der Waals surface area contributed by atoms with Gasteiger partial charge in [-0.3, -0.25) is 9.59 Å². The smallest absolute Gasteiger partial charge is 0.255 e. The zero-order chi connectivity index (χ0) is 15.5. The van der Waals surface area contributed by atoms with Crippen molar-refractivity contribution in [3.63, 3.8) is 0 Å². The lowest BCUT2D eigenvalue weighted by Gasteiger charge is -2.29. The van der Waals surface area contributed by atoms with Crippen LogP contribution in [0.3, 0.4) is 0 Å². The van der Waals surface area contributed by atoms with Crippen LogP contribution in [0, 0.1) is 0 Å². The third-order valence-electron chi connectivity index (χ3n) is 4.05. The van der Waals surface area contributed by atoms with Crippen molar-refractivity contribution in [1.82, 2.24) is 25.6 Å². The fourth-order valence-electron chi connectivity index (χ4n) is 2.97. The highest BCUT2D eigenvalue weighted by molar-refractivity contribution is 6.05. The van der Waals surface area contributed by atoms with Crippen molar-refractivity contribution in [1.29, 1.82) is 0 Å². The quantitative estimate of drug-likeness (QED) is 0.791. The molecule has 3 N–H and O–H groups in total. The van der Waals surface area contributed by atoms with E-state index in [1.165, 1.54) is 13.3 Å². The summed E-state index contributed by atoms with van der Waals surface area (Å²) in [6, 6.07) is 0.371. The van der Waals surface area contributed by atoms with Gasteiger partial charge >= 0.3 is 0 Å². The predicted octanol–water partition coefficient (Wildman–Crippen LogP) is 1.13. The summed E-state index contributed by atoms with van der Waals surface area (Å²) in [5, 5.41) is 5.99. The van der Waals surface area contributed by atoms with Crippen LogP contribution in [0.25, 0.3) is 11.0 Å². The molecule has 0 bridgehead atoms. The van der Waals surface area contributed by atoms with Gasteiger partial charge < -0.3 is 15.6 Å². The number of carbonyl (C=O) groups excluding carboxylic acids is 2. The largest absolute Gasteiger partial charge is 0.358 e. The number of nitrogens with one attached hydrogen (secondary N) is 3. The van der Waals surface area contributed by atoms with E-state index in [9.17, 15) is 9.59 Å². The van der Waals surface area contributed by atoms with Crippen molar-refractivity contribution < 1.29 is 9.59 Å². The maximum absolute atomic E-state index is 12.4. The fourth-order valence-corrected chi connectivity index (χ4v) is 2.97. The predicted molar refractivity (Wildman–Crippen MR) is 81.2 cm³/mol. The lowest BCUT2D eigenvalue weighted by molar-refractivity contribution is -0.119. The highest BCUT2D eigenvalue weighted by Crippen LogP contribution is 2.20. The van der Waals surface area contributed by atoms with Crippen LogP contribution >= 0.6 is 0 Å². The van der Waals surface area contributed by atoms with Crippen LogP contribution in [0.15, 0.2) is 18.7 Å². The molecule has 2 aromatic heterocycles. The molecule has 2 aromatic rings. The molecule has 1 saturated carbocycles. The lowest BCUT2D eigenvalue weighted by atomic mass is 9.91. The molecule has 116 valence electrons. The van der Waals surface area contributed by atoms with Crippen molar-refractivity contribution in [3.8, 4) is 0 Å². The van der Waals surface area contributed by atoms with E-state index in [0.29, 0.717) is 11.1 Å². The van der Waals surface area contributed by atoms with E-state index in [-0.39, 0.29) is 23.9 Å². The molecule has 0 spiro atoms. The van der Waals surface area contributed by atoms with E-state index >= 15 is 0 Å². The molecular formula is C15H19N5O2. The van der Waals surface area contributed by atoms with Gasteiger partial charge in [0, 0.05) is 25.2 Å². The Morgan fingerprint density at radius 2 is 1.86 bits per heavy atom. The minimum absolute atomic E-state index is 0.00552. The first kappa shape index (κ1) is 14.5. The van der Waals surface area contributed by atoms with Crippen LogP contribution < -0.4 is 10.6 Å². The van der Waals surface area contributed by atoms with E-state index in [1.54, 1.807) is 12.4 Å². The summed E-state index contributed by atoms with van der Waals surface area (Å²) in [5.41, 5.74) is 1.93. The number of fused-ring (bicyclic) bond motifs is 1. The van der Waals surface area contributed by atoms with Gasteiger partial charge in [0.05, 0.1) is 17.3 Å². The molecule has 2 heterocycles. The van der Waals surface area contributed by atoms with E-state index in [1.807, 2.05) is 0 Å². The van der Waals surface area contributed by atoms with Crippen molar-refractivity contribution in [2.24, 2.45) is 0 Å². The molecule has 0 saturated heterocycles. The van der Waals surface area contributed by atoms with E-state index in [0.717, 1.165) is 31.2 Å². The number of amides is 2. The maximum atomic E-state index is 12.4. The van der Waals surface area contributed by atoms with Crippen LogP contribution in [-0.2, 0) is 4.79 Å². The van der Waals surface area contributed by atoms with Gasteiger partial charge in [-0.2, -0.15) is 0 Å². The van der Waals surface area contributed by atoms with E-state index < -0.39 is 0 Å². The van der Waals surface area contributed by atoms with Gasteiger partial charge in [0.2, 0.25) is 5.91 Å². The van der Waals surface area contributed by atoms with Gasteiger partial charge in [-0.05, 0) is 25.7 Å². The Labute approximate surface area is 127 Å². The molecule has 0 atom stereocenters.